The van der Waals surface area contributed by atoms with Crippen LogP contribution in [-0.4, -0.2) is 35.0 Å². The minimum absolute atomic E-state index is 0.0455. The van der Waals surface area contributed by atoms with E-state index in [2.05, 4.69) is 15.5 Å². The third-order valence-corrected chi connectivity index (χ3v) is 5.10. The van der Waals surface area contributed by atoms with E-state index in [0.717, 1.165) is 17.7 Å². The number of thioether (sulfide) groups is 1. The lowest BCUT2D eigenvalue weighted by atomic mass is 10.1. The molecule has 1 heterocycles. The number of carbonyl (C=O) groups excluding carboxylic acids is 1. The van der Waals surface area contributed by atoms with Gasteiger partial charge >= 0.3 is 0 Å². The molecule has 1 amide bonds. The summed E-state index contributed by atoms with van der Waals surface area (Å²) in [4.78, 5) is 12.3. The molecule has 0 saturated heterocycles. The largest absolute Gasteiger partial charge is 0.497 e. The second kappa shape index (κ2) is 9.94. The van der Waals surface area contributed by atoms with Gasteiger partial charge in [0.1, 0.15) is 5.75 Å². The Kier molecular flexibility index (Phi) is 7.08. The summed E-state index contributed by atoms with van der Waals surface area (Å²) in [6.07, 6.45) is 1.34. The third-order valence-electron chi connectivity index (χ3n) is 4.17. The molecule has 0 aliphatic heterocycles. The van der Waals surface area contributed by atoms with Crippen LogP contribution in [0.25, 0.3) is 0 Å². The maximum atomic E-state index is 12.3. The van der Waals surface area contributed by atoms with Crippen molar-refractivity contribution in [3.05, 3.63) is 71.6 Å². The number of hydrogen-bond acceptors (Lipinski definition) is 6. The first-order valence-electron chi connectivity index (χ1n) is 9.07. The Balaban J connectivity index is 1.45. The fraction of sp³-hybridized carbons (Fsp3) is 0.286. The first-order chi connectivity index (χ1) is 13.6. The van der Waals surface area contributed by atoms with Crippen LogP contribution in [0.5, 0.6) is 5.75 Å². The van der Waals surface area contributed by atoms with Crippen molar-refractivity contribution in [3.8, 4) is 5.75 Å². The maximum Gasteiger partial charge on any atom is 0.277 e. The lowest BCUT2D eigenvalue weighted by Gasteiger charge is -2.09. The van der Waals surface area contributed by atoms with Gasteiger partial charge in [-0.15, -0.1) is 10.2 Å². The molecule has 2 aromatic carbocycles. The highest BCUT2D eigenvalue weighted by molar-refractivity contribution is 8.00. The van der Waals surface area contributed by atoms with E-state index < -0.39 is 0 Å². The van der Waals surface area contributed by atoms with Gasteiger partial charge in [-0.25, -0.2) is 0 Å². The summed E-state index contributed by atoms with van der Waals surface area (Å²) in [5, 5.41) is 11.1. The van der Waals surface area contributed by atoms with Crippen molar-refractivity contribution < 1.29 is 13.9 Å². The fourth-order valence-electron chi connectivity index (χ4n) is 2.60. The van der Waals surface area contributed by atoms with Crippen molar-refractivity contribution in [2.45, 2.75) is 30.2 Å². The summed E-state index contributed by atoms with van der Waals surface area (Å²) in [5.41, 5.74) is 2.25. The van der Waals surface area contributed by atoms with Crippen LogP contribution < -0.4 is 10.1 Å². The molecule has 0 radical (unpaired) electrons. The fourth-order valence-corrected chi connectivity index (χ4v) is 3.32. The number of amides is 1. The summed E-state index contributed by atoms with van der Waals surface area (Å²) >= 11 is 1.26. The Morgan fingerprint density at radius 2 is 1.86 bits per heavy atom. The molecule has 1 atom stereocenters. The first-order valence-corrected chi connectivity index (χ1v) is 9.95. The van der Waals surface area contributed by atoms with Crippen LogP contribution in [0.1, 0.15) is 23.9 Å². The lowest BCUT2D eigenvalue weighted by molar-refractivity contribution is -0.120. The van der Waals surface area contributed by atoms with Crippen molar-refractivity contribution in [1.82, 2.24) is 15.5 Å². The molecule has 0 fully saturated rings. The van der Waals surface area contributed by atoms with E-state index in [1.165, 1.54) is 17.3 Å². The zero-order valence-electron chi connectivity index (χ0n) is 15.9. The standard InChI is InChI=1S/C21H23N3O3S/c1-15(20(25)22-13-12-16-6-4-3-5-7-16)28-21-24-23-19(27-21)14-17-8-10-18(26-2)11-9-17/h3-11,15H,12-14H2,1-2H3,(H,22,25). The molecule has 6 nitrogen and oxygen atoms in total. The van der Waals surface area contributed by atoms with Gasteiger partial charge in [0.05, 0.1) is 18.8 Å². The highest BCUT2D eigenvalue weighted by atomic mass is 32.2. The minimum Gasteiger partial charge on any atom is -0.497 e. The van der Waals surface area contributed by atoms with Gasteiger partial charge in [-0.1, -0.05) is 54.2 Å². The number of aromatic nitrogens is 2. The summed E-state index contributed by atoms with van der Waals surface area (Å²) in [6.45, 7) is 2.43. The molecular formula is C21H23N3O3S. The zero-order chi connectivity index (χ0) is 19.8. The summed E-state index contributed by atoms with van der Waals surface area (Å²) < 4.78 is 10.8. The van der Waals surface area contributed by atoms with Gasteiger partial charge in [0, 0.05) is 6.54 Å². The molecule has 0 saturated carbocycles. The zero-order valence-corrected chi connectivity index (χ0v) is 16.7. The van der Waals surface area contributed by atoms with Gasteiger partial charge < -0.3 is 14.5 Å². The third kappa shape index (κ3) is 5.85. The van der Waals surface area contributed by atoms with Gasteiger partial charge in [-0.05, 0) is 36.6 Å². The number of ether oxygens (including phenoxy) is 1. The van der Waals surface area contributed by atoms with Gasteiger partial charge in [0.2, 0.25) is 11.8 Å². The van der Waals surface area contributed by atoms with Gasteiger partial charge in [-0.2, -0.15) is 0 Å². The molecule has 1 N–H and O–H groups in total. The highest BCUT2D eigenvalue weighted by Crippen LogP contribution is 2.23. The van der Waals surface area contributed by atoms with Crippen molar-refractivity contribution in [2.75, 3.05) is 13.7 Å². The minimum atomic E-state index is -0.315. The van der Waals surface area contributed by atoms with E-state index in [0.29, 0.717) is 24.1 Å². The number of benzene rings is 2. The van der Waals surface area contributed by atoms with Crippen LogP contribution >= 0.6 is 11.8 Å². The molecule has 1 unspecified atom stereocenters. The van der Waals surface area contributed by atoms with Crippen molar-refractivity contribution >= 4 is 17.7 Å². The summed E-state index contributed by atoms with van der Waals surface area (Å²) in [5.74, 6) is 1.28. The molecular weight excluding hydrogens is 374 g/mol. The number of nitrogens with one attached hydrogen (secondary N) is 1. The van der Waals surface area contributed by atoms with E-state index >= 15 is 0 Å². The Labute approximate surface area is 168 Å². The number of methoxy groups -OCH3 is 1. The van der Waals surface area contributed by atoms with E-state index in [9.17, 15) is 4.79 Å². The van der Waals surface area contributed by atoms with Gasteiger partial charge in [0.15, 0.2) is 0 Å². The quantitative estimate of drug-likeness (QED) is 0.557. The molecule has 3 aromatic rings. The SMILES string of the molecule is COc1ccc(Cc2nnc(SC(C)C(=O)NCCc3ccccc3)o2)cc1. The molecule has 3 rings (SSSR count). The smallest absolute Gasteiger partial charge is 0.277 e. The maximum absolute atomic E-state index is 12.3. The molecule has 146 valence electrons. The van der Waals surface area contributed by atoms with Crippen LogP contribution in [0.15, 0.2) is 64.2 Å². The van der Waals surface area contributed by atoms with E-state index in [1.807, 2.05) is 61.5 Å². The second-order valence-corrected chi connectivity index (χ2v) is 7.57. The lowest BCUT2D eigenvalue weighted by Crippen LogP contribution is -2.32. The van der Waals surface area contributed by atoms with Crippen molar-refractivity contribution in [1.29, 1.82) is 0 Å². The Hall–Kier alpha value is -2.80. The topological polar surface area (TPSA) is 77.2 Å². The molecule has 0 aliphatic rings. The number of nitrogens with zero attached hydrogens (tertiary/aromatic N) is 2. The Bertz CT molecular complexity index is 881. The molecule has 28 heavy (non-hydrogen) atoms. The van der Waals surface area contributed by atoms with Crippen molar-refractivity contribution in [2.24, 2.45) is 0 Å². The Morgan fingerprint density at radius 1 is 1.11 bits per heavy atom. The molecule has 0 spiro atoms. The number of hydrogen-bond donors (Lipinski definition) is 1. The number of carbonyl (C=O) groups is 1. The van der Waals surface area contributed by atoms with E-state index in [4.69, 9.17) is 9.15 Å². The van der Waals surface area contributed by atoms with Crippen LogP contribution in [0.2, 0.25) is 0 Å². The van der Waals surface area contributed by atoms with Crippen LogP contribution in [0.3, 0.4) is 0 Å². The second-order valence-electron chi connectivity index (χ2n) is 6.27. The number of rotatable bonds is 9. The first kappa shape index (κ1) is 19.9. The van der Waals surface area contributed by atoms with Gasteiger partial charge in [0.25, 0.3) is 5.22 Å². The normalized spacial score (nSPS) is 11.8. The van der Waals surface area contributed by atoms with E-state index in [-0.39, 0.29) is 11.2 Å². The summed E-state index contributed by atoms with van der Waals surface area (Å²) in [7, 11) is 1.63. The monoisotopic (exact) mass is 397 g/mol. The summed E-state index contributed by atoms with van der Waals surface area (Å²) in [6, 6.07) is 17.8. The van der Waals surface area contributed by atoms with Gasteiger partial charge in [-0.3, -0.25) is 4.79 Å². The predicted molar refractivity (Wildman–Crippen MR) is 109 cm³/mol. The average molecular weight is 398 g/mol. The molecule has 0 aliphatic carbocycles. The Morgan fingerprint density at radius 3 is 2.57 bits per heavy atom. The molecule has 7 heteroatoms. The molecule has 1 aromatic heterocycles. The van der Waals surface area contributed by atoms with Crippen LogP contribution in [0, 0.1) is 0 Å². The molecule has 0 bridgehead atoms. The van der Waals surface area contributed by atoms with E-state index in [1.54, 1.807) is 7.11 Å². The average Bonchev–Trinajstić information content (AvgIpc) is 3.16. The van der Waals surface area contributed by atoms with Crippen LogP contribution in [-0.2, 0) is 17.6 Å². The predicted octanol–water partition coefficient (Wildman–Crippen LogP) is 3.51. The highest BCUT2D eigenvalue weighted by Gasteiger charge is 2.18. The van der Waals surface area contributed by atoms with Crippen molar-refractivity contribution in [3.63, 3.8) is 0 Å². The van der Waals surface area contributed by atoms with Crippen LogP contribution in [0.4, 0.5) is 0 Å².